The Morgan fingerprint density at radius 1 is 1.32 bits per heavy atom. The van der Waals surface area contributed by atoms with Crippen molar-refractivity contribution in [3.8, 4) is 0 Å². The van der Waals surface area contributed by atoms with E-state index in [1.54, 1.807) is 0 Å². The maximum Gasteiger partial charge on any atom is 0.337 e. The van der Waals surface area contributed by atoms with E-state index in [1.807, 2.05) is 0 Å². The summed E-state index contributed by atoms with van der Waals surface area (Å²) >= 11 is 5.71. The van der Waals surface area contributed by atoms with Crippen molar-refractivity contribution in [3.63, 3.8) is 0 Å². The molecule has 8 heteroatoms. The van der Waals surface area contributed by atoms with Crippen molar-refractivity contribution in [2.75, 3.05) is 13.2 Å². The molecule has 0 radical (unpaired) electrons. The molecule has 3 N–H and O–H groups in total. The highest BCUT2D eigenvalue weighted by Gasteiger charge is 2.17. The second-order valence-electron chi connectivity index (χ2n) is 3.78. The lowest BCUT2D eigenvalue weighted by Gasteiger charge is -2.07. The zero-order chi connectivity index (χ0) is 14.5. The lowest BCUT2D eigenvalue weighted by Crippen LogP contribution is -2.25. The number of halogens is 1. The van der Waals surface area contributed by atoms with Crippen molar-refractivity contribution >= 4 is 27.6 Å². The molecule has 6 nitrogen and oxygen atoms in total. The van der Waals surface area contributed by atoms with Gasteiger partial charge in [-0.3, -0.25) is 0 Å². The molecule has 0 saturated carbocycles. The van der Waals surface area contributed by atoms with E-state index in [9.17, 15) is 13.2 Å². The van der Waals surface area contributed by atoms with E-state index < -0.39 is 16.0 Å². The van der Waals surface area contributed by atoms with E-state index in [-0.39, 0.29) is 28.6 Å². The number of aliphatic hydroxyl groups is 1. The minimum atomic E-state index is -3.71. The van der Waals surface area contributed by atoms with Gasteiger partial charge >= 0.3 is 5.97 Å². The van der Waals surface area contributed by atoms with Gasteiger partial charge in [-0.15, -0.1) is 0 Å². The van der Waals surface area contributed by atoms with Gasteiger partial charge in [0.05, 0.1) is 15.5 Å². The topological polar surface area (TPSA) is 104 Å². The Kier molecular flexibility index (Phi) is 5.74. The van der Waals surface area contributed by atoms with Gasteiger partial charge < -0.3 is 10.2 Å². The lowest BCUT2D eigenvalue weighted by atomic mass is 10.2. The molecule has 0 unspecified atom stereocenters. The van der Waals surface area contributed by atoms with Crippen LogP contribution in [0.15, 0.2) is 23.1 Å². The van der Waals surface area contributed by atoms with Crippen molar-refractivity contribution in [1.29, 1.82) is 0 Å². The van der Waals surface area contributed by atoms with Gasteiger partial charge in [-0.25, -0.2) is 17.9 Å². The lowest BCUT2D eigenvalue weighted by molar-refractivity contribution is 0.0697. The van der Waals surface area contributed by atoms with Crippen LogP contribution in [0.25, 0.3) is 0 Å². The molecule has 1 aromatic rings. The predicted molar refractivity (Wildman–Crippen MR) is 69.9 cm³/mol. The minimum absolute atomic E-state index is 0.000857. The molecule has 19 heavy (non-hydrogen) atoms. The molecule has 0 aliphatic rings. The molecular weight excluding hydrogens is 294 g/mol. The summed E-state index contributed by atoms with van der Waals surface area (Å²) in [6.07, 6.45) is 1.01. The van der Waals surface area contributed by atoms with Crippen LogP contribution in [-0.2, 0) is 10.0 Å². The van der Waals surface area contributed by atoms with Crippen LogP contribution in [0.1, 0.15) is 23.2 Å². The zero-order valence-corrected chi connectivity index (χ0v) is 11.5. The molecule has 0 fully saturated rings. The number of carboxylic acids is 1. The number of hydrogen-bond acceptors (Lipinski definition) is 4. The number of carbonyl (C=O) groups is 1. The molecule has 1 rings (SSSR count). The molecule has 106 valence electrons. The van der Waals surface area contributed by atoms with Gasteiger partial charge in [-0.1, -0.05) is 11.6 Å². The number of rotatable bonds is 7. The second kappa shape index (κ2) is 6.85. The molecule has 0 atom stereocenters. The third-order valence-electron chi connectivity index (χ3n) is 2.36. The van der Waals surface area contributed by atoms with Gasteiger partial charge in [0.15, 0.2) is 0 Å². The van der Waals surface area contributed by atoms with E-state index in [2.05, 4.69) is 4.72 Å². The SMILES string of the molecule is O=C(O)c1ccc(S(=O)(=O)NCCCCO)cc1Cl. The first-order chi connectivity index (χ1) is 8.88. The summed E-state index contributed by atoms with van der Waals surface area (Å²) in [5, 5.41) is 17.2. The van der Waals surface area contributed by atoms with Gasteiger partial charge in [0.2, 0.25) is 10.0 Å². The summed E-state index contributed by atoms with van der Waals surface area (Å²) in [5.74, 6) is -1.22. The third kappa shape index (κ3) is 4.46. The Balaban J connectivity index is 2.84. The van der Waals surface area contributed by atoms with Crippen LogP contribution < -0.4 is 4.72 Å². The normalized spacial score (nSPS) is 11.5. The van der Waals surface area contributed by atoms with Gasteiger partial charge in [-0.05, 0) is 31.0 Å². The van der Waals surface area contributed by atoms with Crippen molar-refractivity contribution < 1.29 is 23.4 Å². The number of hydrogen-bond donors (Lipinski definition) is 3. The first-order valence-corrected chi connectivity index (χ1v) is 7.38. The van der Waals surface area contributed by atoms with Gasteiger partial charge in [0.25, 0.3) is 0 Å². The Labute approximate surface area is 116 Å². The molecule has 0 heterocycles. The van der Waals surface area contributed by atoms with Crippen molar-refractivity contribution in [2.24, 2.45) is 0 Å². The minimum Gasteiger partial charge on any atom is -0.478 e. The van der Waals surface area contributed by atoms with Crippen LogP contribution in [0.4, 0.5) is 0 Å². The molecule has 0 amide bonds. The Morgan fingerprint density at radius 3 is 2.53 bits per heavy atom. The van der Waals surface area contributed by atoms with E-state index in [0.717, 1.165) is 12.1 Å². The average Bonchev–Trinajstić information content (AvgIpc) is 2.34. The van der Waals surface area contributed by atoms with E-state index in [1.165, 1.54) is 6.07 Å². The molecule has 1 aromatic carbocycles. The largest absolute Gasteiger partial charge is 0.478 e. The first-order valence-electron chi connectivity index (χ1n) is 5.52. The van der Waals surface area contributed by atoms with E-state index >= 15 is 0 Å². The fraction of sp³-hybridized carbons (Fsp3) is 0.364. The molecular formula is C11H14ClNO5S. The molecule has 0 bridgehead atoms. The van der Waals surface area contributed by atoms with Crippen molar-refractivity contribution in [3.05, 3.63) is 28.8 Å². The first kappa shape index (κ1) is 15.9. The summed E-state index contributed by atoms with van der Waals surface area (Å²) in [4.78, 5) is 10.7. The number of unbranched alkanes of at least 4 members (excludes halogenated alkanes) is 1. The number of aliphatic hydroxyl groups excluding tert-OH is 1. The summed E-state index contributed by atoms with van der Waals surface area (Å²) in [6.45, 7) is 0.196. The Morgan fingerprint density at radius 2 is 2.00 bits per heavy atom. The molecule has 0 aliphatic carbocycles. The summed E-state index contributed by atoms with van der Waals surface area (Å²) in [5.41, 5.74) is -0.152. The summed E-state index contributed by atoms with van der Waals surface area (Å²) in [6, 6.07) is 3.43. The molecule has 0 saturated heterocycles. The van der Waals surface area contributed by atoms with Crippen LogP contribution >= 0.6 is 11.6 Å². The van der Waals surface area contributed by atoms with Gasteiger partial charge in [-0.2, -0.15) is 0 Å². The fourth-order valence-corrected chi connectivity index (χ4v) is 2.79. The van der Waals surface area contributed by atoms with Crippen LogP contribution in [0.2, 0.25) is 5.02 Å². The molecule has 0 spiro atoms. The second-order valence-corrected chi connectivity index (χ2v) is 5.95. The maximum atomic E-state index is 11.8. The third-order valence-corrected chi connectivity index (χ3v) is 4.13. The van der Waals surface area contributed by atoms with Crippen LogP contribution in [0.5, 0.6) is 0 Å². The molecule has 0 aromatic heterocycles. The van der Waals surface area contributed by atoms with E-state index in [4.69, 9.17) is 21.8 Å². The van der Waals surface area contributed by atoms with Crippen molar-refractivity contribution in [1.82, 2.24) is 4.72 Å². The number of aromatic carboxylic acids is 1. The number of carboxylic acid groups (broad SMARTS) is 1. The monoisotopic (exact) mass is 307 g/mol. The standard InChI is InChI=1S/C11H14ClNO5S/c12-10-7-8(3-4-9(10)11(15)16)19(17,18)13-5-1-2-6-14/h3-4,7,13-14H,1-2,5-6H2,(H,15,16). The Hall–Kier alpha value is -1.15. The number of benzene rings is 1. The highest BCUT2D eigenvalue weighted by molar-refractivity contribution is 7.89. The van der Waals surface area contributed by atoms with E-state index in [0.29, 0.717) is 12.8 Å². The quantitative estimate of drug-likeness (QED) is 0.654. The van der Waals surface area contributed by atoms with Gasteiger partial charge in [0, 0.05) is 13.2 Å². The fourth-order valence-electron chi connectivity index (χ4n) is 1.36. The van der Waals surface area contributed by atoms with Crippen molar-refractivity contribution in [2.45, 2.75) is 17.7 Å². The predicted octanol–water partition coefficient (Wildman–Crippen LogP) is 1.09. The smallest absolute Gasteiger partial charge is 0.337 e. The number of nitrogens with one attached hydrogen (secondary N) is 1. The zero-order valence-electron chi connectivity index (χ0n) is 9.97. The van der Waals surface area contributed by atoms with Crippen LogP contribution in [0, 0.1) is 0 Å². The molecule has 0 aliphatic heterocycles. The highest BCUT2D eigenvalue weighted by atomic mass is 35.5. The highest BCUT2D eigenvalue weighted by Crippen LogP contribution is 2.20. The Bertz CT molecular complexity index is 558. The van der Waals surface area contributed by atoms with Gasteiger partial charge in [0.1, 0.15) is 0 Å². The average molecular weight is 308 g/mol. The van der Waals surface area contributed by atoms with Crippen LogP contribution in [0.3, 0.4) is 0 Å². The van der Waals surface area contributed by atoms with Crippen LogP contribution in [-0.4, -0.2) is 37.8 Å². The summed E-state index contributed by atoms with van der Waals surface area (Å²) in [7, 11) is -3.71. The number of sulfonamides is 1. The maximum absolute atomic E-state index is 11.8. The summed E-state index contributed by atoms with van der Waals surface area (Å²) < 4.78 is 26.0.